The largest absolute Gasteiger partial charge is 0.456 e. The van der Waals surface area contributed by atoms with Crippen LogP contribution in [0.3, 0.4) is 0 Å². The Kier molecular flexibility index (Phi) is 5.99. The molecule has 0 saturated carbocycles. The molecule has 0 N–H and O–H groups in total. The fourth-order valence-electron chi connectivity index (χ4n) is 11.0. The Balaban J connectivity index is 1.16. The van der Waals surface area contributed by atoms with Gasteiger partial charge in [0, 0.05) is 21.5 Å². The zero-order chi connectivity index (χ0) is 38.4. The van der Waals surface area contributed by atoms with Crippen LogP contribution in [0.5, 0.6) is 0 Å². The molecule has 0 amide bonds. The molecule has 2 aliphatic rings. The van der Waals surface area contributed by atoms with E-state index in [2.05, 4.69) is 188 Å². The van der Waals surface area contributed by atoms with Crippen molar-refractivity contribution in [1.29, 1.82) is 0 Å². The van der Waals surface area contributed by atoms with Crippen LogP contribution < -0.4 is 0 Å². The summed E-state index contributed by atoms with van der Waals surface area (Å²) in [6, 6.07) is 71.6. The van der Waals surface area contributed by atoms with E-state index in [1.54, 1.807) is 0 Å². The summed E-state index contributed by atoms with van der Waals surface area (Å²) >= 11 is 0. The summed E-state index contributed by atoms with van der Waals surface area (Å²) in [6.07, 6.45) is 0. The Morgan fingerprint density at radius 1 is 0.288 bits per heavy atom. The standard InChI is InChI=1S/C57H32O2/c1-3-14-35-29-49-45(26-33(35)12-1)55-44(37-24-25-43-42-18-7-10-22-51(42)58-53(43)32-37)28-38(30-50(55)57(49)47-20-8-5-16-40(47)41-17-6-9-21-48(41)57)39-19-11-23-52-56(39)46-27-34-13-2-4-15-36(34)31-54(46)59-52/h1-32H. The average molecular weight is 749 g/mol. The van der Waals surface area contributed by atoms with E-state index in [1.165, 1.54) is 71.6 Å². The van der Waals surface area contributed by atoms with Gasteiger partial charge in [0.1, 0.15) is 22.3 Å². The van der Waals surface area contributed by atoms with E-state index in [1.807, 2.05) is 6.07 Å². The smallest absolute Gasteiger partial charge is 0.136 e. The van der Waals surface area contributed by atoms with Gasteiger partial charge in [-0.15, -0.1) is 0 Å². The van der Waals surface area contributed by atoms with Crippen molar-refractivity contribution < 1.29 is 8.83 Å². The van der Waals surface area contributed by atoms with E-state index in [9.17, 15) is 0 Å². The number of hydrogen-bond donors (Lipinski definition) is 0. The minimum absolute atomic E-state index is 0.543. The third-order valence-electron chi connectivity index (χ3n) is 13.4. The van der Waals surface area contributed by atoms with E-state index < -0.39 is 5.41 Å². The molecule has 0 saturated heterocycles. The van der Waals surface area contributed by atoms with Gasteiger partial charge in [-0.05, 0) is 149 Å². The second kappa shape index (κ2) is 11.2. The predicted molar refractivity (Wildman–Crippen MR) is 243 cm³/mol. The van der Waals surface area contributed by atoms with Crippen molar-refractivity contribution in [3.05, 3.63) is 216 Å². The molecule has 1 spiro atoms. The number of furan rings is 2. The van der Waals surface area contributed by atoms with E-state index >= 15 is 0 Å². The molecule has 2 heterocycles. The van der Waals surface area contributed by atoms with Gasteiger partial charge in [-0.25, -0.2) is 0 Å². The Labute approximate surface area is 339 Å². The maximum absolute atomic E-state index is 6.68. The molecule has 272 valence electrons. The topological polar surface area (TPSA) is 26.3 Å². The minimum atomic E-state index is -0.543. The zero-order valence-corrected chi connectivity index (χ0v) is 31.8. The molecule has 59 heavy (non-hydrogen) atoms. The van der Waals surface area contributed by atoms with Crippen molar-refractivity contribution in [2.24, 2.45) is 0 Å². The molecule has 0 unspecified atom stereocenters. The van der Waals surface area contributed by atoms with Gasteiger partial charge < -0.3 is 8.83 Å². The van der Waals surface area contributed by atoms with Gasteiger partial charge in [-0.2, -0.15) is 0 Å². The molecule has 2 aliphatic carbocycles. The van der Waals surface area contributed by atoms with Gasteiger partial charge in [0.25, 0.3) is 0 Å². The van der Waals surface area contributed by atoms with Crippen molar-refractivity contribution in [3.63, 3.8) is 0 Å². The van der Waals surface area contributed by atoms with E-state index in [0.717, 1.165) is 60.6 Å². The molecule has 0 atom stereocenters. The summed E-state index contributed by atoms with van der Waals surface area (Å²) in [4.78, 5) is 0. The van der Waals surface area contributed by atoms with Crippen LogP contribution in [0, 0.1) is 0 Å². The number of benzene rings is 10. The van der Waals surface area contributed by atoms with Crippen LogP contribution in [0.15, 0.2) is 203 Å². The third-order valence-corrected chi connectivity index (χ3v) is 13.4. The molecule has 0 fully saturated rings. The maximum atomic E-state index is 6.68. The molecule has 12 aromatic rings. The second-order valence-corrected chi connectivity index (χ2v) is 16.3. The summed E-state index contributed by atoms with van der Waals surface area (Å²) < 4.78 is 13.3. The van der Waals surface area contributed by atoms with Crippen LogP contribution in [-0.4, -0.2) is 0 Å². The summed E-state index contributed by atoms with van der Waals surface area (Å²) in [5.41, 5.74) is 18.1. The molecule has 0 bridgehead atoms. The van der Waals surface area contributed by atoms with Crippen LogP contribution in [-0.2, 0) is 5.41 Å². The van der Waals surface area contributed by atoms with Crippen LogP contribution in [0.25, 0.3) is 110 Å². The highest BCUT2D eigenvalue weighted by molar-refractivity contribution is 6.17. The summed E-state index contributed by atoms with van der Waals surface area (Å²) in [6.45, 7) is 0. The highest BCUT2D eigenvalue weighted by Crippen LogP contribution is 2.65. The summed E-state index contributed by atoms with van der Waals surface area (Å²) in [5.74, 6) is 0. The van der Waals surface area contributed by atoms with Crippen molar-refractivity contribution in [2.75, 3.05) is 0 Å². The normalized spacial score (nSPS) is 13.6. The van der Waals surface area contributed by atoms with Crippen LogP contribution in [0.1, 0.15) is 22.3 Å². The molecule has 2 nitrogen and oxygen atoms in total. The molecular weight excluding hydrogens is 717 g/mol. The third kappa shape index (κ3) is 4.05. The second-order valence-electron chi connectivity index (χ2n) is 16.3. The number of hydrogen-bond acceptors (Lipinski definition) is 2. The Bertz CT molecular complexity index is 3750. The molecule has 2 heteroatoms. The quantitative estimate of drug-likeness (QED) is 0.176. The minimum Gasteiger partial charge on any atom is -0.456 e. The maximum Gasteiger partial charge on any atom is 0.136 e. The van der Waals surface area contributed by atoms with Gasteiger partial charge in [0.2, 0.25) is 0 Å². The number of rotatable bonds is 2. The molecule has 2 aromatic heterocycles. The monoisotopic (exact) mass is 748 g/mol. The van der Waals surface area contributed by atoms with Crippen molar-refractivity contribution in [3.8, 4) is 44.5 Å². The van der Waals surface area contributed by atoms with Crippen molar-refractivity contribution >= 4 is 65.4 Å². The molecule has 0 aliphatic heterocycles. The molecule has 10 aromatic carbocycles. The first-order chi connectivity index (χ1) is 29.2. The first-order valence-electron chi connectivity index (χ1n) is 20.4. The lowest BCUT2D eigenvalue weighted by Crippen LogP contribution is -2.26. The number of fused-ring (bicyclic) bond motifs is 18. The van der Waals surface area contributed by atoms with E-state index in [-0.39, 0.29) is 0 Å². The SMILES string of the molecule is c1ccc2c(c1)-c1ccccc1C21c2cc3ccccc3cc2-c2c(-c3ccc4c(c3)oc3ccccc34)cc(-c3cccc4oc5cc6ccccc6cc5c34)cc21. The van der Waals surface area contributed by atoms with Crippen molar-refractivity contribution in [2.45, 2.75) is 5.41 Å². The number of para-hydroxylation sites is 1. The molecular formula is C57H32O2. The van der Waals surface area contributed by atoms with Gasteiger partial charge in [0.15, 0.2) is 0 Å². The predicted octanol–water partition coefficient (Wildman–Crippen LogP) is 15.5. The Hall–Kier alpha value is -7.68. The highest BCUT2D eigenvalue weighted by Gasteiger charge is 2.52. The molecule has 14 rings (SSSR count). The summed E-state index contributed by atoms with van der Waals surface area (Å²) in [7, 11) is 0. The lowest BCUT2D eigenvalue weighted by molar-refractivity contribution is 0.669. The van der Waals surface area contributed by atoms with E-state index in [4.69, 9.17) is 8.83 Å². The van der Waals surface area contributed by atoms with Gasteiger partial charge in [0.05, 0.1) is 5.41 Å². The Morgan fingerprint density at radius 2 is 0.881 bits per heavy atom. The van der Waals surface area contributed by atoms with Crippen LogP contribution in [0.4, 0.5) is 0 Å². The van der Waals surface area contributed by atoms with Gasteiger partial charge in [-0.1, -0.05) is 133 Å². The van der Waals surface area contributed by atoms with Gasteiger partial charge in [-0.3, -0.25) is 0 Å². The zero-order valence-electron chi connectivity index (χ0n) is 31.8. The fraction of sp³-hybridized carbons (Fsp3) is 0.0175. The first kappa shape index (κ1) is 31.4. The lowest BCUT2D eigenvalue weighted by atomic mass is 9.69. The van der Waals surface area contributed by atoms with Gasteiger partial charge >= 0.3 is 0 Å². The van der Waals surface area contributed by atoms with E-state index in [0.29, 0.717) is 0 Å². The fourth-order valence-corrected chi connectivity index (χ4v) is 11.0. The first-order valence-corrected chi connectivity index (χ1v) is 20.4. The van der Waals surface area contributed by atoms with Crippen molar-refractivity contribution in [1.82, 2.24) is 0 Å². The van der Waals surface area contributed by atoms with Crippen LogP contribution >= 0.6 is 0 Å². The average Bonchev–Trinajstić information content (AvgIpc) is 4.01. The Morgan fingerprint density at radius 3 is 1.68 bits per heavy atom. The highest BCUT2D eigenvalue weighted by atomic mass is 16.3. The summed E-state index contributed by atoms with van der Waals surface area (Å²) in [5, 5.41) is 9.37. The van der Waals surface area contributed by atoms with Crippen LogP contribution in [0.2, 0.25) is 0 Å². The molecule has 0 radical (unpaired) electrons. The lowest BCUT2D eigenvalue weighted by Gasteiger charge is -2.31.